The zero-order chi connectivity index (χ0) is 17.2. The van der Waals surface area contributed by atoms with Crippen LogP contribution in [0.3, 0.4) is 0 Å². The summed E-state index contributed by atoms with van der Waals surface area (Å²) in [6, 6.07) is 15.7. The molecule has 2 aliphatic rings. The molecule has 0 aliphatic carbocycles. The molecule has 0 spiro atoms. The van der Waals surface area contributed by atoms with Crippen molar-refractivity contribution in [3.05, 3.63) is 59.7 Å². The Kier molecular flexibility index (Phi) is 4.14. The van der Waals surface area contributed by atoms with Gasteiger partial charge >= 0.3 is 6.03 Å². The van der Waals surface area contributed by atoms with Gasteiger partial charge in [0.25, 0.3) is 0 Å². The molecule has 5 heteroatoms. The lowest BCUT2D eigenvalue weighted by molar-refractivity contribution is -0.117. The van der Waals surface area contributed by atoms with Crippen molar-refractivity contribution < 1.29 is 9.59 Å². The van der Waals surface area contributed by atoms with Gasteiger partial charge in [-0.15, -0.1) is 0 Å². The molecule has 2 aromatic rings. The first-order chi connectivity index (χ1) is 12.2. The van der Waals surface area contributed by atoms with E-state index in [1.165, 1.54) is 11.1 Å². The maximum Gasteiger partial charge on any atom is 0.322 e. The highest BCUT2D eigenvalue weighted by molar-refractivity contribution is 6.01. The number of nitrogens with zero attached hydrogens (tertiary/aromatic N) is 2. The molecule has 0 unspecified atom stereocenters. The Morgan fingerprint density at radius 2 is 1.68 bits per heavy atom. The van der Waals surface area contributed by atoms with Crippen molar-refractivity contribution in [3.8, 4) is 0 Å². The fourth-order valence-corrected chi connectivity index (χ4v) is 3.58. The van der Waals surface area contributed by atoms with Gasteiger partial charge in [0.1, 0.15) is 0 Å². The second-order valence-electron chi connectivity index (χ2n) is 6.54. The van der Waals surface area contributed by atoms with Crippen LogP contribution in [0.15, 0.2) is 48.5 Å². The fourth-order valence-electron chi connectivity index (χ4n) is 3.58. The number of anilines is 2. The van der Waals surface area contributed by atoms with Crippen LogP contribution in [0.4, 0.5) is 16.2 Å². The number of benzene rings is 2. The number of para-hydroxylation sites is 2. The first-order valence-corrected chi connectivity index (χ1v) is 8.74. The van der Waals surface area contributed by atoms with E-state index in [9.17, 15) is 9.59 Å². The summed E-state index contributed by atoms with van der Waals surface area (Å²) < 4.78 is 0. The molecule has 0 aromatic heterocycles. The molecule has 1 fully saturated rings. The number of nitrogens with one attached hydrogen (secondary N) is 1. The molecule has 128 valence electrons. The maximum absolute atomic E-state index is 12.7. The number of amides is 3. The molecule has 25 heavy (non-hydrogen) atoms. The SMILES string of the molecule is O=C(Nc1ccccc1N1CCCC1=O)N1CCc2ccccc2C1. The predicted octanol–water partition coefficient (Wildman–Crippen LogP) is 3.40. The summed E-state index contributed by atoms with van der Waals surface area (Å²) in [5.41, 5.74) is 4.00. The lowest BCUT2D eigenvalue weighted by atomic mass is 10.0. The Balaban J connectivity index is 1.51. The van der Waals surface area contributed by atoms with Crippen LogP contribution in [0.25, 0.3) is 0 Å². The first-order valence-electron chi connectivity index (χ1n) is 8.74. The Bertz CT molecular complexity index is 818. The van der Waals surface area contributed by atoms with Gasteiger partial charge in [0.2, 0.25) is 5.91 Å². The number of rotatable bonds is 2. The van der Waals surface area contributed by atoms with E-state index in [2.05, 4.69) is 17.4 Å². The molecule has 0 saturated carbocycles. The number of hydrogen-bond donors (Lipinski definition) is 1. The Hall–Kier alpha value is -2.82. The summed E-state index contributed by atoms with van der Waals surface area (Å²) in [7, 11) is 0. The van der Waals surface area contributed by atoms with Gasteiger partial charge < -0.3 is 15.1 Å². The van der Waals surface area contributed by atoms with E-state index in [0.29, 0.717) is 31.7 Å². The van der Waals surface area contributed by atoms with Crippen LogP contribution >= 0.6 is 0 Å². The minimum absolute atomic E-state index is 0.117. The third kappa shape index (κ3) is 3.09. The smallest absolute Gasteiger partial charge is 0.320 e. The monoisotopic (exact) mass is 335 g/mol. The number of urea groups is 1. The summed E-state index contributed by atoms with van der Waals surface area (Å²) in [6.07, 6.45) is 2.31. The molecule has 2 aromatic carbocycles. The molecule has 5 nitrogen and oxygen atoms in total. The van der Waals surface area contributed by atoms with E-state index in [-0.39, 0.29) is 11.9 Å². The number of carbonyl (C=O) groups excluding carboxylic acids is 2. The molecule has 2 aliphatic heterocycles. The van der Waals surface area contributed by atoms with Crippen LogP contribution in [0.2, 0.25) is 0 Å². The molecule has 0 radical (unpaired) electrons. The van der Waals surface area contributed by atoms with Crippen molar-refractivity contribution in [2.24, 2.45) is 0 Å². The molecule has 4 rings (SSSR count). The molecular weight excluding hydrogens is 314 g/mol. The van der Waals surface area contributed by atoms with E-state index in [1.54, 1.807) is 4.90 Å². The lowest BCUT2D eigenvalue weighted by Crippen LogP contribution is -2.39. The van der Waals surface area contributed by atoms with Gasteiger partial charge in [-0.3, -0.25) is 4.79 Å². The molecule has 0 bridgehead atoms. The third-order valence-electron chi connectivity index (χ3n) is 4.93. The van der Waals surface area contributed by atoms with Gasteiger partial charge in [0.15, 0.2) is 0 Å². The largest absolute Gasteiger partial charge is 0.322 e. The van der Waals surface area contributed by atoms with Crippen molar-refractivity contribution in [1.29, 1.82) is 0 Å². The van der Waals surface area contributed by atoms with E-state index in [1.807, 2.05) is 41.3 Å². The van der Waals surface area contributed by atoms with Gasteiger partial charge in [-0.05, 0) is 36.1 Å². The van der Waals surface area contributed by atoms with Gasteiger partial charge in [-0.1, -0.05) is 36.4 Å². The van der Waals surface area contributed by atoms with Crippen molar-refractivity contribution in [3.63, 3.8) is 0 Å². The first kappa shape index (κ1) is 15.7. The van der Waals surface area contributed by atoms with E-state index >= 15 is 0 Å². The van der Waals surface area contributed by atoms with Crippen LogP contribution in [0.5, 0.6) is 0 Å². The van der Waals surface area contributed by atoms with Crippen molar-refractivity contribution in [2.75, 3.05) is 23.3 Å². The van der Waals surface area contributed by atoms with E-state index in [0.717, 1.165) is 18.5 Å². The molecular formula is C20H21N3O2. The predicted molar refractivity (Wildman–Crippen MR) is 97.6 cm³/mol. The molecule has 1 saturated heterocycles. The molecule has 3 amide bonds. The van der Waals surface area contributed by atoms with E-state index < -0.39 is 0 Å². The van der Waals surface area contributed by atoms with Crippen LogP contribution in [-0.4, -0.2) is 29.9 Å². The van der Waals surface area contributed by atoms with Gasteiger partial charge in [-0.25, -0.2) is 4.79 Å². The average Bonchev–Trinajstić information content (AvgIpc) is 3.07. The Morgan fingerprint density at radius 1 is 0.920 bits per heavy atom. The fraction of sp³-hybridized carbons (Fsp3) is 0.300. The second-order valence-corrected chi connectivity index (χ2v) is 6.54. The number of fused-ring (bicyclic) bond motifs is 1. The van der Waals surface area contributed by atoms with Crippen LogP contribution in [-0.2, 0) is 17.8 Å². The quantitative estimate of drug-likeness (QED) is 0.914. The van der Waals surface area contributed by atoms with Crippen molar-refractivity contribution in [1.82, 2.24) is 4.90 Å². The zero-order valence-electron chi connectivity index (χ0n) is 14.1. The summed E-state index contributed by atoms with van der Waals surface area (Å²) in [5.74, 6) is 0.119. The van der Waals surface area contributed by atoms with Crippen molar-refractivity contribution in [2.45, 2.75) is 25.8 Å². The van der Waals surface area contributed by atoms with Gasteiger partial charge in [0.05, 0.1) is 11.4 Å². The highest BCUT2D eigenvalue weighted by Gasteiger charge is 2.25. The lowest BCUT2D eigenvalue weighted by Gasteiger charge is -2.29. The zero-order valence-corrected chi connectivity index (χ0v) is 14.1. The van der Waals surface area contributed by atoms with Crippen LogP contribution < -0.4 is 10.2 Å². The maximum atomic E-state index is 12.7. The summed E-state index contributed by atoms with van der Waals surface area (Å²) in [4.78, 5) is 28.4. The highest BCUT2D eigenvalue weighted by atomic mass is 16.2. The minimum Gasteiger partial charge on any atom is -0.320 e. The topological polar surface area (TPSA) is 52.7 Å². The standard InChI is InChI=1S/C20H21N3O2/c24-19-10-5-12-23(19)18-9-4-3-8-17(18)21-20(25)22-13-11-15-6-1-2-7-16(15)14-22/h1-4,6-9H,5,10-14H2,(H,21,25). The molecule has 2 heterocycles. The van der Waals surface area contributed by atoms with E-state index in [4.69, 9.17) is 0 Å². The molecule has 1 N–H and O–H groups in total. The molecule has 0 atom stereocenters. The minimum atomic E-state index is -0.117. The third-order valence-corrected chi connectivity index (χ3v) is 4.93. The average molecular weight is 335 g/mol. The van der Waals surface area contributed by atoms with Crippen LogP contribution in [0, 0.1) is 0 Å². The highest BCUT2D eigenvalue weighted by Crippen LogP contribution is 2.30. The summed E-state index contributed by atoms with van der Waals surface area (Å²) in [6.45, 7) is 2.03. The normalized spacial score (nSPS) is 16.7. The Labute approximate surface area is 147 Å². The summed E-state index contributed by atoms with van der Waals surface area (Å²) >= 11 is 0. The summed E-state index contributed by atoms with van der Waals surface area (Å²) in [5, 5.41) is 3.00. The van der Waals surface area contributed by atoms with Gasteiger partial charge in [-0.2, -0.15) is 0 Å². The number of hydrogen-bond acceptors (Lipinski definition) is 2. The Morgan fingerprint density at radius 3 is 2.48 bits per heavy atom. The number of carbonyl (C=O) groups is 2. The van der Waals surface area contributed by atoms with Crippen LogP contribution in [0.1, 0.15) is 24.0 Å². The second kappa shape index (κ2) is 6.59. The van der Waals surface area contributed by atoms with Gasteiger partial charge in [0, 0.05) is 26.1 Å². The van der Waals surface area contributed by atoms with Crippen molar-refractivity contribution >= 4 is 23.3 Å².